The molecule has 1 aromatic heterocycles. The van der Waals surface area contributed by atoms with Crippen molar-refractivity contribution in [2.75, 3.05) is 5.32 Å². The van der Waals surface area contributed by atoms with Gasteiger partial charge in [0.05, 0.1) is 8.45 Å². The van der Waals surface area contributed by atoms with Crippen LogP contribution in [0.15, 0.2) is 28.1 Å². The molecular weight excluding hydrogens is 439 g/mol. The van der Waals surface area contributed by atoms with Crippen LogP contribution in [-0.2, 0) is 0 Å². The smallest absolute Gasteiger partial charge is 0.256 e. The molecule has 7 heteroatoms. The molecule has 0 atom stereocenters. The molecule has 2 nitrogen and oxygen atoms in total. The van der Waals surface area contributed by atoms with Crippen molar-refractivity contribution >= 4 is 61.5 Å². The minimum absolute atomic E-state index is 0.278. The lowest BCUT2D eigenvalue weighted by molar-refractivity contribution is 0.102. The molecule has 94 valence electrons. The first kappa shape index (κ1) is 13.9. The molecule has 2 rings (SSSR count). The summed E-state index contributed by atoms with van der Waals surface area (Å²) < 4.78 is 28.2. The Morgan fingerprint density at radius 2 is 1.89 bits per heavy atom. The van der Waals surface area contributed by atoms with Gasteiger partial charge < -0.3 is 5.32 Å². The van der Waals surface area contributed by atoms with E-state index in [4.69, 9.17) is 0 Å². The van der Waals surface area contributed by atoms with E-state index < -0.39 is 23.2 Å². The third kappa shape index (κ3) is 3.07. The Morgan fingerprint density at radius 3 is 2.39 bits per heavy atom. The van der Waals surface area contributed by atoms with Gasteiger partial charge in [0.2, 0.25) is 0 Å². The van der Waals surface area contributed by atoms with Crippen molar-refractivity contribution in [3.63, 3.8) is 0 Å². The molecule has 0 fully saturated rings. The van der Waals surface area contributed by atoms with Crippen molar-refractivity contribution in [2.24, 2.45) is 0 Å². The Hall–Kier alpha value is -0.540. The molecular formula is C11H5BrF2INOS. The summed E-state index contributed by atoms with van der Waals surface area (Å²) in [7, 11) is 0. The third-order valence-corrected chi connectivity index (χ3v) is 4.32. The van der Waals surface area contributed by atoms with Gasteiger partial charge in [-0.3, -0.25) is 4.79 Å². The van der Waals surface area contributed by atoms with E-state index in [2.05, 4.69) is 43.8 Å². The van der Waals surface area contributed by atoms with E-state index in [0.717, 1.165) is 15.0 Å². The van der Waals surface area contributed by atoms with Gasteiger partial charge >= 0.3 is 0 Å². The SMILES string of the molecule is O=C(Nc1c(F)cc(Br)cc1F)c1csc(I)c1. The van der Waals surface area contributed by atoms with E-state index in [1.807, 2.05) is 0 Å². The first-order valence-electron chi connectivity index (χ1n) is 4.67. The minimum atomic E-state index is -0.819. The van der Waals surface area contributed by atoms with Gasteiger partial charge in [-0.05, 0) is 40.8 Å². The molecule has 0 aliphatic carbocycles. The van der Waals surface area contributed by atoms with Crippen molar-refractivity contribution in [1.82, 2.24) is 0 Å². The second kappa shape index (κ2) is 5.62. The summed E-state index contributed by atoms with van der Waals surface area (Å²) >= 11 is 6.42. The highest BCUT2D eigenvalue weighted by atomic mass is 127. The standard InChI is InChI=1S/C11H5BrF2INOS/c12-6-2-7(13)10(8(14)3-6)16-11(17)5-1-9(15)18-4-5/h1-4H,(H,16,17). The summed E-state index contributed by atoms with van der Waals surface area (Å²) in [5, 5.41) is 3.86. The van der Waals surface area contributed by atoms with Crippen molar-refractivity contribution in [3.8, 4) is 0 Å². The number of nitrogens with one attached hydrogen (secondary N) is 1. The van der Waals surface area contributed by atoms with Crippen LogP contribution in [0.1, 0.15) is 10.4 Å². The number of hydrogen-bond acceptors (Lipinski definition) is 2. The Bertz CT molecular complexity index is 594. The van der Waals surface area contributed by atoms with Gasteiger partial charge in [-0.15, -0.1) is 11.3 Å². The average Bonchev–Trinajstić information content (AvgIpc) is 2.70. The van der Waals surface area contributed by atoms with E-state index in [0.29, 0.717) is 5.56 Å². The van der Waals surface area contributed by atoms with Crippen LogP contribution in [0, 0.1) is 14.5 Å². The summed E-state index contributed by atoms with van der Waals surface area (Å²) in [5.74, 6) is -2.17. The van der Waals surface area contributed by atoms with Crippen LogP contribution >= 0.6 is 49.9 Å². The van der Waals surface area contributed by atoms with E-state index in [9.17, 15) is 13.6 Å². The number of rotatable bonds is 2. The maximum atomic E-state index is 13.5. The molecule has 1 N–H and O–H groups in total. The van der Waals surface area contributed by atoms with Crippen LogP contribution in [0.3, 0.4) is 0 Å². The molecule has 0 spiro atoms. The number of amides is 1. The van der Waals surface area contributed by atoms with Gasteiger partial charge in [-0.1, -0.05) is 15.9 Å². The van der Waals surface area contributed by atoms with Crippen LogP contribution in [0.25, 0.3) is 0 Å². The molecule has 0 bridgehead atoms. The number of benzene rings is 1. The molecule has 2 aromatic rings. The predicted octanol–water partition coefficient (Wildman–Crippen LogP) is 4.65. The molecule has 0 aliphatic rings. The van der Waals surface area contributed by atoms with E-state index in [1.54, 1.807) is 11.4 Å². The lowest BCUT2D eigenvalue weighted by Gasteiger charge is -2.07. The molecule has 0 aliphatic heterocycles. The Kier molecular flexibility index (Phi) is 4.33. The Labute approximate surface area is 128 Å². The molecule has 0 radical (unpaired) electrons. The van der Waals surface area contributed by atoms with E-state index >= 15 is 0 Å². The van der Waals surface area contributed by atoms with Gasteiger partial charge in [-0.25, -0.2) is 8.78 Å². The lowest BCUT2D eigenvalue weighted by atomic mass is 10.2. The molecule has 0 saturated heterocycles. The summed E-state index contributed by atoms with van der Waals surface area (Å²) in [6.45, 7) is 0. The van der Waals surface area contributed by atoms with Crippen molar-refractivity contribution < 1.29 is 13.6 Å². The summed E-state index contributed by atoms with van der Waals surface area (Å²) in [5.41, 5.74) is -0.0597. The zero-order valence-corrected chi connectivity index (χ0v) is 13.2. The lowest BCUT2D eigenvalue weighted by Crippen LogP contribution is -2.13. The minimum Gasteiger partial charge on any atom is -0.317 e. The Morgan fingerprint density at radius 1 is 1.28 bits per heavy atom. The number of anilines is 1. The van der Waals surface area contributed by atoms with Gasteiger partial charge in [0.1, 0.15) is 5.69 Å². The maximum absolute atomic E-state index is 13.5. The monoisotopic (exact) mass is 443 g/mol. The Balaban J connectivity index is 2.27. The van der Waals surface area contributed by atoms with Crippen LogP contribution in [-0.4, -0.2) is 5.91 Å². The van der Waals surface area contributed by atoms with Crippen molar-refractivity contribution in [1.29, 1.82) is 0 Å². The van der Waals surface area contributed by atoms with Gasteiger partial charge in [0.25, 0.3) is 5.91 Å². The van der Waals surface area contributed by atoms with Crippen LogP contribution in [0.5, 0.6) is 0 Å². The molecule has 0 saturated carbocycles. The first-order chi connectivity index (χ1) is 8.47. The second-order valence-electron chi connectivity index (χ2n) is 3.34. The van der Waals surface area contributed by atoms with E-state index in [-0.39, 0.29) is 4.47 Å². The summed E-state index contributed by atoms with van der Waals surface area (Å²) in [6.07, 6.45) is 0. The number of carbonyl (C=O) groups is 1. The fraction of sp³-hybridized carbons (Fsp3) is 0. The van der Waals surface area contributed by atoms with Gasteiger partial charge in [0, 0.05) is 9.85 Å². The average molecular weight is 444 g/mol. The van der Waals surface area contributed by atoms with Gasteiger partial charge in [0.15, 0.2) is 11.6 Å². The fourth-order valence-electron chi connectivity index (χ4n) is 1.28. The van der Waals surface area contributed by atoms with Crippen molar-refractivity contribution in [2.45, 2.75) is 0 Å². The highest BCUT2D eigenvalue weighted by Gasteiger charge is 2.15. The molecule has 18 heavy (non-hydrogen) atoms. The number of hydrogen-bond donors (Lipinski definition) is 1. The fourth-order valence-corrected chi connectivity index (χ4v) is 3.00. The summed E-state index contributed by atoms with van der Waals surface area (Å²) in [6, 6.07) is 3.83. The zero-order chi connectivity index (χ0) is 13.3. The largest absolute Gasteiger partial charge is 0.317 e. The number of carbonyl (C=O) groups excluding carboxylic acids is 1. The van der Waals surface area contributed by atoms with Crippen LogP contribution < -0.4 is 5.32 Å². The van der Waals surface area contributed by atoms with Gasteiger partial charge in [-0.2, -0.15) is 0 Å². The number of thiophene rings is 1. The highest BCUT2D eigenvalue weighted by molar-refractivity contribution is 14.1. The predicted molar refractivity (Wildman–Crippen MR) is 79.0 cm³/mol. The third-order valence-electron chi connectivity index (χ3n) is 2.08. The molecule has 1 aromatic carbocycles. The summed E-state index contributed by atoms with van der Waals surface area (Å²) in [4.78, 5) is 11.8. The molecule has 1 amide bonds. The maximum Gasteiger partial charge on any atom is 0.256 e. The topological polar surface area (TPSA) is 29.1 Å². The molecule has 1 heterocycles. The van der Waals surface area contributed by atoms with Crippen LogP contribution in [0.2, 0.25) is 0 Å². The quantitative estimate of drug-likeness (QED) is 0.673. The zero-order valence-electron chi connectivity index (χ0n) is 8.64. The highest BCUT2D eigenvalue weighted by Crippen LogP contribution is 2.25. The van der Waals surface area contributed by atoms with E-state index in [1.165, 1.54) is 11.3 Å². The van der Waals surface area contributed by atoms with Crippen LogP contribution in [0.4, 0.5) is 14.5 Å². The molecule has 0 unspecified atom stereocenters. The first-order valence-corrected chi connectivity index (χ1v) is 7.42. The van der Waals surface area contributed by atoms with Crippen molar-refractivity contribution in [3.05, 3.63) is 48.1 Å². The number of halogens is 4. The normalized spacial score (nSPS) is 10.4. The second-order valence-corrected chi connectivity index (χ2v) is 7.06.